The molecule has 4 heteroatoms. The maximum Gasteiger partial charge on any atom is 0.229 e. The van der Waals surface area contributed by atoms with Gasteiger partial charge in [0.05, 0.1) is 0 Å². The molecule has 1 N–H and O–H groups in total. The molecule has 0 radical (unpaired) electrons. The molecule has 1 heterocycles. The number of carbonyl (C=O) groups is 1. The van der Waals surface area contributed by atoms with Crippen LogP contribution >= 0.6 is 11.8 Å². The SMILES string of the molecule is CN1C(=N)SCCC1=O. The predicted molar refractivity (Wildman–Crippen MR) is 37.6 cm³/mol. The first-order chi connectivity index (χ1) is 4.22. The third-order valence-electron chi connectivity index (χ3n) is 1.23. The quantitative estimate of drug-likeness (QED) is 0.538. The molecule has 1 aliphatic heterocycles. The maximum absolute atomic E-state index is 10.8. The monoisotopic (exact) mass is 144 g/mol. The minimum absolute atomic E-state index is 0.0544. The number of amidine groups is 1. The van der Waals surface area contributed by atoms with Gasteiger partial charge in [0, 0.05) is 19.2 Å². The highest BCUT2D eigenvalue weighted by atomic mass is 32.2. The van der Waals surface area contributed by atoms with Crippen molar-refractivity contribution in [3.05, 3.63) is 0 Å². The molecule has 0 aromatic heterocycles. The molecule has 0 aliphatic carbocycles. The molecule has 1 saturated heterocycles. The van der Waals surface area contributed by atoms with E-state index in [-0.39, 0.29) is 5.91 Å². The van der Waals surface area contributed by atoms with E-state index in [0.717, 1.165) is 5.75 Å². The van der Waals surface area contributed by atoms with Gasteiger partial charge in [-0.3, -0.25) is 15.1 Å². The Morgan fingerprint density at radius 2 is 2.44 bits per heavy atom. The number of nitrogens with zero attached hydrogens (tertiary/aromatic N) is 1. The first-order valence-corrected chi connectivity index (χ1v) is 3.68. The van der Waals surface area contributed by atoms with E-state index < -0.39 is 0 Å². The van der Waals surface area contributed by atoms with E-state index in [1.54, 1.807) is 7.05 Å². The van der Waals surface area contributed by atoms with Crippen molar-refractivity contribution in [1.29, 1.82) is 5.41 Å². The number of nitrogens with one attached hydrogen (secondary N) is 1. The van der Waals surface area contributed by atoms with E-state index in [4.69, 9.17) is 5.41 Å². The van der Waals surface area contributed by atoms with Crippen LogP contribution in [-0.4, -0.2) is 28.8 Å². The topological polar surface area (TPSA) is 44.2 Å². The minimum Gasteiger partial charge on any atom is -0.295 e. The second kappa shape index (κ2) is 2.39. The zero-order valence-electron chi connectivity index (χ0n) is 5.18. The Morgan fingerprint density at radius 3 is 2.89 bits per heavy atom. The molecule has 0 bridgehead atoms. The molecule has 50 valence electrons. The molecular weight excluding hydrogens is 136 g/mol. The molecule has 1 aliphatic rings. The summed E-state index contributed by atoms with van der Waals surface area (Å²) in [5.41, 5.74) is 0. The van der Waals surface area contributed by atoms with Gasteiger partial charge in [0.2, 0.25) is 5.91 Å². The summed E-state index contributed by atoms with van der Waals surface area (Å²) in [6.07, 6.45) is 0.573. The summed E-state index contributed by atoms with van der Waals surface area (Å²) in [5.74, 6) is 0.820. The molecular formula is C5H8N2OS. The van der Waals surface area contributed by atoms with Crippen molar-refractivity contribution in [2.45, 2.75) is 6.42 Å². The Labute approximate surface area is 57.9 Å². The average Bonchev–Trinajstić information content (AvgIpc) is 1.83. The first-order valence-electron chi connectivity index (χ1n) is 2.69. The second-order valence-electron chi connectivity index (χ2n) is 1.86. The van der Waals surface area contributed by atoms with Crippen LogP contribution in [0.2, 0.25) is 0 Å². The summed E-state index contributed by atoms with van der Waals surface area (Å²) in [5, 5.41) is 7.56. The van der Waals surface area contributed by atoms with Gasteiger partial charge in [-0.05, 0) is 0 Å². The highest BCUT2D eigenvalue weighted by molar-refractivity contribution is 8.13. The van der Waals surface area contributed by atoms with Crippen molar-refractivity contribution >= 4 is 22.8 Å². The second-order valence-corrected chi connectivity index (χ2v) is 2.94. The summed E-state index contributed by atoms with van der Waals surface area (Å²) in [6, 6.07) is 0. The van der Waals surface area contributed by atoms with Gasteiger partial charge in [-0.25, -0.2) is 0 Å². The maximum atomic E-state index is 10.8. The molecule has 1 rings (SSSR count). The smallest absolute Gasteiger partial charge is 0.229 e. The van der Waals surface area contributed by atoms with Crippen LogP contribution in [0.25, 0.3) is 0 Å². The van der Waals surface area contributed by atoms with Gasteiger partial charge in [0.1, 0.15) is 0 Å². The van der Waals surface area contributed by atoms with Crippen LogP contribution in [0.1, 0.15) is 6.42 Å². The summed E-state index contributed by atoms with van der Waals surface area (Å²) >= 11 is 1.42. The van der Waals surface area contributed by atoms with Crippen molar-refractivity contribution < 1.29 is 4.79 Å². The Bertz CT molecular complexity index is 141. The molecule has 0 atom stereocenters. The van der Waals surface area contributed by atoms with Crippen molar-refractivity contribution in [1.82, 2.24) is 4.90 Å². The van der Waals surface area contributed by atoms with E-state index >= 15 is 0 Å². The number of thioether (sulfide) groups is 1. The lowest BCUT2D eigenvalue weighted by Crippen LogP contribution is -2.34. The number of amides is 1. The van der Waals surface area contributed by atoms with Crippen LogP contribution in [0.5, 0.6) is 0 Å². The average molecular weight is 144 g/mol. The van der Waals surface area contributed by atoms with Gasteiger partial charge in [-0.2, -0.15) is 0 Å². The zero-order chi connectivity index (χ0) is 6.85. The predicted octanol–water partition coefficient (Wildman–Crippen LogP) is 0.516. The number of hydrogen-bond donors (Lipinski definition) is 1. The van der Waals surface area contributed by atoms with Crippen molar-refractivity contribution in [3.8, 4) is 0 Å². The number of rotatable bonds is 0. The number of hydrogen-bond acceptors (Lipinski definition) is 3. The van der Waals surface area contributed by atoms with E-state index in [9.17, 15) is 4.79 Å². The Morgan fingerprint density at radius 1 is 1.78 bits per heavy atom. The third-order valence-corrected chi connectivity index (χ3v) is 2.19. The minimum atomic E-state index is 0.0544. The Balaban J connectivity index is 2.62. The molecule has 0 aromatic carbocycles. The van der Waals surface area contributed by atoms with Gasteiger partial charge in [-0.1, -0.05) is 11.8 Å². The van der Waals surface area contributed by atoms with Crippen LogP contribution in [0.15, 0.2) is 0 Å². The van der Waals surface area contributed by atoms with Crippen molar-refractivity contribution in [2.24, 2.45) is 0 Å². The van der Waals surface area contributed by atoms with E-state index in [1.807, 2.05) is 0 Å². The molecule has 1 fully saturated rings. The van der Waals surface area contributed by atoms with Gasteiger partial charge in [0.15, 0.2) is 5.17 Å². The fraction of sp³-hybridized carbons (Fsp3) is 0.600. The van der Waals surface area contributed by atoms with Gasteiger partial charge in [0.25, 0.3) is 0 Å². The highest BCUT2D eigenvalue weighted by Gasteiger charge is 2.18. The van der Waals surface area contributed by atoms with Crippen LogP contribution < -0.4 is 0 Å². The lowest BCUT2D eigenvalue weighted by Gasteiger charge is -2.21. The number of carbonyl (C=O) groups excluding carboxylic acids is 1. The normalized spacial score (nSPS) is 20.8. The Kier molecular flexibility index (Phi) is 1.75. The zero-order valence-corrected chi connectivity index (χ0v) is 5.99. The van der Waals surface area contributed by atoms with Crippen molar-refractivity contribution in [2.75, 3.05) is 12.8 Å². The largest absolute Gasteiger partial charge is 0.295 e. The van der Waals surface area contributed by atoms with Gasteiger partial charge in [-0.15, -0.1) is 0 Å². The van der Waals surface area contributed by atoms with E-state index in [2.05, 4.69) is 0 Å². The highest BCUT2D eigenvalue weighted by Crippen LogP contribution is 2.14. The van der Waals surface area contributed by atoms with E-state index in [0.29, 0.717) is 11.6 Å². The molecule has 9 heavy (non-hydrogen) atoms. The van der Waals surface area contributed by atoms with E-state index in [1.165, 1.54) is 16.7 Å². The summed E-state index contributed by atoms with van der Waals surface area (Å²) in [6.45, 7) is 0. The molecule has 0 aromatic rings. The van der Waals surface area contributed by atoms with Crippen molar-refractivity contribution in [3.63, 3.8) is 0 Å². The molecule has 3 nitrogen and oxygen atoms in total. The van der Waals surface area contributed by atoms with Crippen LogP contribution in [0.4, 0.5) is 0 Å². The summed E-state index contributed by atoms with van der Waals surface area (Å²) < 4.78 is 0. The molecule has 0 spiro atoms. The first kappa shape index (κ1) is 6.61. The fourth-order valence-corrected chi connectivity index (χ4v) is 1.38. The third kappa shape index (κ3) is 1.24. The molecule has 0 saturated carbocycles. The molecule has 1 amide bonds. The lowest BCUT2D eigenvalue weighted by molar-refractivity contribution is -0.126. The lowest BCUT2D eigenvalue weighted by atomic mass is 10.4. The summed E-state index contributed by atoms with van der Waals surface area (Å²) in [7, 11) is 1.64. The standard InChI is InChI=1S/C5H8N2OS/c1-7-4(8)2-3-9-5(7)6/h6H,2-3H2,1H3. The summed E-state index contributed by atoms with van der Waals surface area (Å²) in [4.78, 5) is 12.2. The van der Waals surface area contributed by atoms with Crippen LogP contribution in [0.3, 0.4) is 0 Å². The van der Waals surface area contributed by atoms with Crippen LogP contribution in [0, 0.1) is 5.41 Å². The van der Waals surface area contributed by atoms with Crippen LogP contribution in [-0.2, 0) is 4.79 Å². The van der Waals surface area contributed by atoms with Gasteiger partial charge < -0.3 is 0 Å². The fourth-order valence-electron chi connectivity index (χ4n) is 0.613. The van der Waals surface area contributed by atoms with Gasteiger partial charge >= 0.3 is 0 Å². The molecule has 0 unspecified atom stereocenters. The Hall–Kier alpha value is -0.510.